The second-order valence-corrected chi connectivity index (χ2v) is 13.5. The number of piperidine rings is 1. The standard InChI is InChI=1S/C33H34Cl2N10O6/c34-23-2-1-3-24(35)27(23)29(47)38-25-17-36-40-28(25)30(48)37-19-6-9-41(10-7-19)18-42-12-14-43(15-13-42)20-4-5-21-22(16-20)32(50)45(31(21)49)44-11-8-26(46)39-33(44)51/h1-5,16-17,19H,6-15,18H2,(H,36,40)(H,37,48)(H,38,47)(H,39,46,51). The molecule has 0 bridgehead atoms. The molecular formula is C33H34Cl2N10O6. The number of piperazine rings is 1. The number of aromatic amines is 1. The number of nitrogens with one attached hydrogen (secondary N) is 4. The number of benzene rings is 2. The van der Waals surface area contributed by atoms with Gasteiger partial charge in [-0.3, -0.25) is 44.2 Å². The summed E-state index contributed by atoms with van der Waals surface area (Å²) in [6.07, 6.45) is 2.87. The van der Waals surface area contributed by atoms with Crippen LogP contribution in [0.2, 0.25) is 10.0 Å². The predicted molar refractivity (Wildman–Crippen MR) is 186 cm³/mol. The Labute approximate surface area is 301 Å². The molecule has 7 amide bonds. The molecule has 2 aromatic carbocycles. The van der Waals surface area contributed by atoms with Crippen LogP contribution in [0.15, 0.2) is 42.6 Å². The van der Waals surface area contributed by atoms with Crippen molar-refractivity contribution in [1.82, 2.24) is 40.6 Å². The van der Waals surface area contributed by atoms with Crippen LogP contribution >= 0.6 is 23.2 Å². The first-order valence-electron chi connectivity index (χ1n) is 16.5. The number of hydrogen-bond donors (Lipinski definition) is 4. The summed E-state index contributed by atoms with van der Waals surface area (Å²) in [6, 6.07) is 9.05. The van der Waals surface area contributed by atoms with E-state index >= 15 is 0 Å². The molecule has 3 saturated heterocycles. The van der Waals surface area contributed by atoms with Crippen molar-refractivity contribution >= 4 is 70.1 Å². The number of hydrazine groups is 1. The molecule has 18 heteroatoms. The topological polar surface area (TPSA) is 183 Å². The fourth-order valence-corrected chi connectivity index (χ4v) is 7.31. The van der Waals surface area contributed by atoms with Crippen LogP contribution < -0.4 is 20.9 Å². The third-order valence-electron chi connectivity index (χ3n) is 9.49. The number of carbonyl (C=O) groups excluding carboxylic acids is 6. The van der Waals surface area contributed by atoms with Crippen LogP contribution in [-0.2, 0) is 4.79 Å². The van der Waals surface area contributed by atoms with Gasteiger partial charge in [0.15, 0.2) is 0 Å². The van der Waals surface area contributed by atoms with Crippen molar-refractivity contribution in [3.05, 3.63) is 75.0 Å². The summed E-state index contributed by atoms with van der Waals surface area (Å²) >= 11 is 12.3. The summed E-state index contributed by atoms with van der Waals surface area (Å²) in [5, 5.41) is 16.7. The van der Waals surface area contributed by atoms with Crippen LogP contribution in [0.5, 0.6) is 0 Å². The number of hydrogen-bond acceptors (Lipinski definition) is 10. The molecule has 16 nitrogen and oxygen atoms in total. The number of imide groups is 2. The van der Waals surface area contributed by atoms with Crippen LogP contribution in [-0.4, -0.2) is 124 Å². The molecule has 4 aliphatic heterocycles. The molecular weight excluding hydrogens is 703 g/mol. The number of amides is 7. The van der Waals surface area contributed by atoms with Crippen LogP contribution in [0.1, 0.15) is 60.8 Å². The minimum Gasteiger partial charge on any atom is -0.369 e. The minimum atomic E-state index is -0.793. The highest BCUT2D eigenvalue weighted by atomic mass is 35.5. The van der Waals surface area contributed by atoms with Crippen LogP contribution in [0.25, 0.3) is 0 Å². The van der Waals surface area contributed by atoms with Gasteiger partial charge in [0.25, 0.3) is 23.6 Å². The molecule has 0 unspecified atom stereocenters. The monoisotopic (exact) mass is 736 g/mol. The number of carbonyl (C=O) groups is 6. The molecule has 0 atom stereocenters. The number of H-pyrrole nitrogens is 1. The quantitative estimate of drug-likeness (QED) is 0.251. The Morgan fingerprint density at radius 1 is 0.843 bits per heavy atom. The van der Waals surface area contributed by atoms with E-state index in [9.17, 15) is 28.8 Å². The molecule has 7 rings (SSSR count). The highest BCUT2D eigenvalue weighted by Crippen LogP contribution is 2.30. The van der Waals surface area contributed by atoms with Crippen molar-refractivity contribution in [2.45, 2.75) is 25.3 Å². The number of rotatable bonds is 8. The van der Waals surface area contributed by atoms with Crippen LogP contribution in [0, 0.1) is 0 Å². The van der Waals surface area contributed by atoms with E-state index < -0.39 is 29.7 Å². The predicted octanol–water partition coefficient (Wildman–Crippen LogP) is 2.40. The largest absolute Gasteiger partial charge is 0.369 e. The second kappa shape index (κ2) is 14.3. The van der Waals surface area contributed by atoms with Crippen molar-refractivity contribution in [2.24, 2.45) is 0 Å². The SMILES string of the molecule is O=C1CCN(N2C(=O)c3ccc(N4CCN(CN5CCC(NC(=O)c6[nH]ncc6NC(=O)c6c(Cl)cccc6Cl)CC5)CC4)cc3C2=O)C(=O)N1. The van der Waals surface area contributed by atoms with E-state index in [1.807, 2.05) is 6.07 Å². The fraction of sp³-hybridized carbons (Fsp3) is 0.364. The first-order chi connectivity index (χ1) is 24.6. The Kier molecular flexibility index (Phi) is 9.65. The molecule has 0 radical (unpaired) electrons. The van der Waals surface area contributed by atoms with Gasteiger partial charge in [-0.1, -0.05) is 29.3 Å². The summed E-state index contributed by atoms with van der Waals surface area (Å²) in [7, 11) is 0. The van der Waals surface area contributed by atoms with Crippen molar-refractivity contribution in [3.63, 3.8) is 0 Å². The lowest BCUT2D eigenvalue weighted by molar-refractivity contribution is -0.122. The van der Waals surface area contributed by atoms with Crippen molar-refractivity contribution in [2.75, 3.05) is 62.7 Å². The summed E-state index contributed by atoms with van der Waals surface area (Å²) in [4.78, 5) is 82.9. The van der Waals surface area contributed by atoms with E-state index in [4.69, 9.17) is 23.2 Å². The van der Waals surface area contributed by atoms with Gasteiger partial charge >= 0.3 is 6.03 Å². The molecule has 0 saturated carbocycles. The summed E-state index contributed by atoms with van der Waals surface area (Å²) < 4.78 is 0. The van der Waals surface area contributed by atoms with Gasteiger partial charge in [0.1, 0.15) is 5.69 Å². The maximum absolute atomic E-state index is 13.2. The average Bonchev–Trinajstić information content (AvgIpc) is 3.67. The number of aromatic nitrogens is 2. The Hall–Kier alpha value is -5.03. The van der Waals surface area contributed by atoms with Crippen molar-refractivity contribution < 1.29 is 28.8 Å². The van der Waals surface area contributed by atoms with Gasteiger partial charge < -0.3 is 15.5 Å². The zero-order chi connectivity index (χ0) is 35.8. The lowest BCUT2D eigenvalue weighted by Crippen LogP contribution is -2.58. The summed E-state index contributed by atoms with van der Waals surface area (Å²) in [5.74, 6) is -2.55. The molecule has 4 aliphatic rings. The maximum Gasteiger partial charge on any atom is 0.343 e. The van der Waals surface area contributed by atoms with Crippen molar-refractivity contribution in [3.8, 4) is 0 Å². The number of nitrogens with zero attached hydrogens (tertiary/aromatic N) is 6. The maximum atomic E-state index is 13.2. The fourth-order valence-electron chi connectivity index (χ4n) is 6.74. The molecule has 1 aromatic heterocycles. The molecule has 4 N–H and O–H groups in total. The number of fused-ring (bicyclic) bond motifs is 1. The molecule has 3 aromatic rings. The zero-order valence-electron chi connectivity index (χ0n) is 27.3. The number of halogens is 2. The highest BCUT2D eigenvalue weighted by molar-refractivity contribution is 6.40. The van der Waals surface area contributed by atoms with Crippen LogP contribution in [0.4, 0.5) is 16.2 Å². The lowest BCUT2D eigenvalue weighted by atomic mass is 10.0. The van der Waals surface area contributed by atoms with E-state index in [1.54, 1.807) is 30.3 Å². The van der Waals surface area contributed by atoms with Gasteiger partial charge in [0.05, 0.1) is 51.8 Å². The minimum absolute atomic E-state index is 0.00116. The third-order valence-corrected chi connectivity index (χ3v) is 10.1. The Morgan fingerprint density at radius 2 is 1.53 bits per heavy atom. The molecule has 0 aliphatic carbocycles. The van der Waals surface area contributed by atoms with E-state index in [0.717, 1.165) is 74.5 Å². The molecule has 3 fully saturated rings. The second-order valence-electron chi connectivity index (χ2n) is 12.7. The molecule has 0 spiro atoms. The Bertz CT molecular complexity index is 1900. The first-order valence-corrected chi connectivity index (χ1v) is 17.3. The third kappa shape index (κ3) is 6.99. The van der Waals surface area contributed by atoms with Gasteiger partial charge in [0, 0.05) is 57.4 Å². The summed E-state index contributed by atoms with van der Waals surface area (Å²) in [5.41, 5.74) is 1.74. The van der Waals surface area contributed by atoms with E-state index in [2.05, 4.69) is 40.8 Å². The zero-order valence-corrected chi connectivity index (χ0v) is 28.8. The first kappa shape index (κ1) is 34.4. The van der Waals surface area contributed by atoms with Gasteiger partial charge in [-0.2, -0.15) is 10.1 Å². The molecule has 266 valence electrons. The van der Waals surface area contributed by atoms with Crippen LogP contribution in [0.3, 0.4) is 0 Å². The molecule has 5 heterocycles. The number of urea groups is 1. The van der Waals surface area contributed by atoms with Gasteiger partial charge in [-0.25, -0.2) is 9.80 Å². The molecule has 51 heavy (non-hydrogen) atoms. The van der Waals surface area contributed by atoms with E-state index in [1.165, 1.54) is 6.20 Å². The van der Waals surface area contributed by atoms with Gasteiger partial charge in [0.2, 0.25) is 5.91 Å². The lowest BCUT2D eigenvalue weighted by Gasteiger charge is -2.40. The average molecular weight is 738 g/mol. The number of anilines is 2. The van der Waals surface area contributed by atoms with E-state index in [-0.39, 0.29) is 63.0 Å². The van der Waals surface area contributed by atoms with Crippen molar-refractivity contribution in [1.29, 1.82) is 0 Å². The number of likely N-dealkylation sites (tertiary alicyclic amines) is 1. The Morgan fingerprint density at radius 3 is 2.24 bits per heavy atom. The van der Waals surface area contributed by atoms with Gasteiger partial charge in [-0.05, 0) is 43.2 Å². The summed E-state index contributed by atoms with van der Waals surface area (Å²) in [6.45, 7) is 5.35. The Balaban J connectivity index is 0.870. The van der Waals surface area contributed by atoms with E-state index in [0.29, 0.717) is 0 Å². The smallest absolute Gasteiger partial charge is 0.343 e. The highest BCUT2D eigenvalue weighted by Gasteiger charge is 2.43. The normalized spacial score (nSPS) is 19.0. The van der Waals surface area contributed by atoms with Gasteiger partial charge in [-0.15, -0.1) is 0 Å².